The molecule has 210 valence electrons. The van der Waals surface area contributed by atoms with Gasteiger partial charge in [0.2, 0.25) is 0 Å². The summed E-state index contributed by atoms with van der Waals surface area (Å²) in [6.07, 6.45) is 0. The fourth-order valence-corrected chi connectivity index (χ4v) is 11.1. The summed E-state index contributed by atoms with van der Waals surface area (Å²) in [7, 11) is -7.52. The minimum Gasteiger partial charge on any atom is -0.486 e. The molecule has 3 aliphatic rings. The summed E-state index contributed by atoms with van der Waals surface area (Å²) in [6, 6.07) is 24.7. The predicted molar refractivity (Wildman–Crippen MR) is 154 cm³/mol. The van der Waals surface area contributed by atoms with Crippen LogP contribution in [0.2, 0.25) is 0 Å². The van der Waals surface area contributed by atoms with Gasteiger partial charge in [-0.15, -0.1) is 0 Å². The maximum Gasteiger partial charge on any atom is 0.281 e. The van der Waals surface area contributed by atoms with Crippen LogP contribution in [0, 0.1) is 0 Å². The molecule has 0 radical (unpaired) electrons. The molecule has 0 aliphatic carbocycles. The lowest BCUT2D eigenvalue weighted by Gasteiger charge is -2.30. The van der Waals surface area contributed by atoms with Crippen molar-refractivity contribution in [2.75, 3.05) is 39.6 Å². The second kappa shape index (κ2) is 10.4. The molecule has 0 saturated heterocycles. The number of nitrogens with zero attached hydrogens (tertiary/aromatic N) is 1. The zero-order chi connectivity index (χ0) is 27.9. The van der Waals surface area contributed by atoms with Crippen molar-refractivity contribution < 1.29 is 36.8 Å². The molecule has 0 amide bonds. The summed E-state index contributed by atoms with van der Waals surface area (Å²) in [4.78, 5) is 0.0944. The van der Waals surface area contributed by atoms with E-state index in [-0.39, 0.29) is 4.90 Å². The summed E-state index contributed by atoms with van der Waals surface area (Å²) in [5.74, 6) is 3.36. The number of ether oxygens (including phenoxy) is 6. The van der Waals surface area contributed by atoms with Gasteiger partial charge in [-0.1, -0.05) is 18.2 Å². The topological polar surface area (TPSA) is 102 Å². The van der Waals surface area contributed by atoms with Crippen LogP contribution >= 0.6 is 7.05 Å². The van der Waals surface area contributed by atoms with Crippen molar-refractivity contribution in [3.8, 4) is 34.5 Å². The third-order valence-electron chi connectivity index (χ3n) is 6.97. The van der Waals surface area contributed by atoms with E-state index in [0.29, 0.717) is 90.1 Å². The van der Waals surface area contributed by atoms with E-state index in [9.17, 15) is 8.42 Å². The third-order valence-corrected chi connectivity index (χ3v) is 12.8. The van der Waals surface area contributed by atoms with Gasteiger partial charge in [-0.3, -0.25) is 0 Å². The van der Waals surface area contributed by atoms with Crippen molar-refractivity contribution >= 4 is 33.0 Å². The molecule has 7 rings (SSSR count). The van der Waals surface area contributed by atoms with E-state index in [0.717, 1.165) is 0 Å². The first-order valence-electron chi connectivity index (χ1n) is 13.2. The zero-order valence-electron chi connectivity index (χ0n) is 21.9. The second-order valence-electron chi connectivity index (χ2n) is 9.49. The lowest BCUT2D eigenvalue weighted by atomic mass is 10.3. The number of fused-ring (bicyclic) bond motifs is 3. The van der Waals surface area contributed by atoms with Crippen molar-refractivity contribution in [3.05, 3.63) is 84.9 Å². The van der Waals surface area contributed by atoms with Crippen LogP contribution in [0.25, 0.3) is 0 Å². The smallest absolute Gasteiger partial charge is 0.281 e. The molecule has 3 heterocycles. The van der Waals surface area contributed by atoms with Gasteiger partial charge in [0.15, 0.2) is 34.5 Å². The van der Waals surface area contributed by atoms with E-state index < -0.39 is 17.1 Å². The van der Waals surface area contributed by atoms with Gasteiger partial charge in [0.1, 0.15) is 39.6 Å². The summed E-state index contributed by atoms with van der Waals surface area (Å²) in [6.45, 7) is 2.46. The predicted octanol–water partition coefficient (Wildman–Crippen LogP) is 3.87. The second-order valence-corrected chi connectivity index (χ2v) is 14.4. The Kier molecular flexibility index (Phi) is 6.52. The Labute approximate surface area is 237 Å². The standard InChI is InChI=1S/C30H26NO8PS/c32-41(33,24-4-2-1-3-5-24)31-40(21-6-9-25-28(18-21)37-15-12-34-25,22-7-10-26-29(19-22)38-16-13-35-26)23-8-11-27-30(20-23)39-17-14-36-27/h1-11,18-20H,12-17H2. The molecule has 0 unspecified atom stereocenters. The fourth-order valence-electron chi connectivity index (χ4n) is 5.09. The monoisotopic (exact) mass is 591 g/mol. The van der Waals surface area contributed by atoms with Gasteiger partial charge in [0.05, 0.1) is 11.9 Å². The first-order valence-corrected chi connectivity index (χ1v) is 16.4. The highest BCUT2D eigenvalue weighted by molar-refractivity contribution is 7.99. The summed E-state index contributed by atoms with van der Waals surface area (Å²) in [5.41, 5.74) is 0. The van der Waals surface area contributed by atoms with Crippen molar-refractivity contribution in [1.82, 2.24) is 0 Å². The number of benzene rings is 4. The van der Waals surface area contributed by atoms with E-state index in [2.05, 4.69) is 0 Å². The van der Waals surface area contributed by atoms with Crippen molar-refractivity contribution in [2.45, 2.75) is 4.90 Å². The number of rotatable bonds is 5. The summed E-state index contributed by atoms with van der Waals surface area (Å²) >= 11 is 0. The molecule has 11 heteroatoms. The molecule has 0 atom stereocenters. The van der Waals surface area contributed by atoms with Crippen molar-refractivity contribution in [3.63, 3.8) is 0 Å². The molecule has 0 spiro atoms. The van der Waals surface area contributed by atoms with E-state index in [1.165, 1.54) is 0 Å². The van der Waals surface area contributed by atoms with E-state index in [4.69, 9.17) is 32.6 Å². The highest BCUT2D eigenvalue weighted by Gasteiger charge is 2.35. The molecule has 0 bridgehead atoms. The zero-order valence-corrected chi connectivity index (χ0v) is 23.6. The van der Waals surface area contributed by atoms with Crippen LogP contribution in [0.1, 0.15) is 0 Å². The van der Waals surface area contributed by atoms with E-state index in [1.54, 1.807) is 48.5 Å². The third kappa shape index (κ3) is 4.67. The largest absolute Gasteiger partial charge is 0.486 e. The van der Waals surface area contributed by atoms with Crippen LogP contribution in [-0.4, -0.2) is 48.1 Å². The minimum absolute atomic E-state index is 0.0944. The Hall–Kier alpha value is -4.14. The summed E-state index contributed by atoms with van der Waals surface area (Å²) < 4.78 is 68.3. The number of hydrogen-bond acceptors (Lipinski definition) is 8. The normalized spacial score (nSPS) is 15.6. The van der Waals surface area contributed by atoms with Gasteiger partial charge < -0.3 is 28.4 Å². The lowest BCUT2D eigenvalue weighted by molar-refractivity contribution is 0.171. The van der Waals surface area contributed by atoms with Crippen LogP contribution in [0.4, 0.5) is 0 Å². The first kappa shape index (κ1) is 25.8. The Morgan fingerprint density at radius 2 is 0.854 bits per heavy atom. The molecule has 0 aromatic heterocycles. The molecule has 3 aliphatic heterocycles. The maximum absolute atomic E-state index is 14.1. The van der Waals surface area contributed by atoms with E-state index >= 15 is 0 Å². The van der Waals surface area contributed by atoms with Crippen LogP contribution in [0.3, 0.4) is 0 Å². The summed E-state index contributed by atoms with van der Waals surface area (Å²) in [5, 5.41) is 1.99. The Morgan fingerprint density at radius 1 is 0.488 bits per heavy atom. The Bertz CT molecular complexity index is 1640. The van der Waals surface area contributed by atoms with Crippen LogP contribution < -0.4 is 44.3 Å². The van der Waals surface area contributed by atoms with Gasteiger partial charge >= 0.3 is 0 Å². The molecule has 4 aromatic rings. The quantitative estimate of drug-likeness (QED) is 0.323. The number of sulfonamides is 1. The Morgan fingerprint density at radius 3 is 1.24 bits per heavy atom. The van der Waals surface area contributed by atoms with E-state index in [1.807, 2.05) is 36.4 Å². The average molecular weight is 592 g/mol. The van der Waals surface area contributed by atoms with Gasteiger partial charge in [-0.2, -0.15) is 12.6 Å². The highest BCUT2D eigenvalue weighted by atomic mass is 32.2. The van der Waals surface area contributed by atoms with Crippen molar-refractivity contribution in [1.29, 1.82) is 0 Å². The minimum atomic E-state index is -4.17. The molecule has 0 N–H and O–H groups in total. The highest BCUT2D eigenvalue weighted by Crippen LogP contribution is 2.52. The molecular weight excluding hydrogens is 565 g/mol. The fraction of sp³-hybridized carbons (Fsp3) is 0.200. The molecule has 0 saturated carbocycles. The molecule has 0 fully saturated rings. The van der Waals surface area contributed by atoms with Crippen LogP contribution in [0.5, 0.6) is 34.5 Å². The average Bonchev–Trinajstić information content (AvgIpc) is 3.03. The van der Waals surface area contributed by atoms with Gasteiger partial charge in [-0.05, 0) is 66.7 Å². The molecule has 9 nitrogen and oxygen atoms in total. The lowest BCUT2D eigenvalue weighted by Crippen LogP contribution is -2.29. The van der Waals surface area contributed by atoms with Crippen molar-refractivity contribution in [2.24, 2.45) is 4.15 Å². The SMILES string of the molecule is O=S(=O)(N=P(c1ccc2c(c1)OCCO2)(c1ccc2c(c1)OCCO2)c1ccc2c(c1)OCCO2)c1ccccc1. The maximum atomic E-state index is 14.1. The van der Waals surface area contributed by atoms with Gasteiger partial charge in [0.25, 0.3) is 10.0 Å². The van der Waals surface area contributed by atoms with Gasteiger partial charge in [-0.25, -0.2) is 0 Å². The first-order chi connectivity index (χ1) is 20.0. The van der Waals surface area contributed by atoms with Gasteiger partial charge in [0, 0.05) is 15.9 Å². The van der Waals surface area contributed by atoms with Crippen LogP contribution in [0.15, 0.2) is 94.0 Å². The number of hydrogen-bond donors (Lipinski definition) is 0. The Balaban J connectivity index is 1.58. The molecular formula is C30H26NO8PS. The van der Waals surface area contributed by atoms with Crippen LogP contribution in [-0.2, 0) is 10.0 Å². The molecule has 41 heavy (non-hydrogen) atoms. The molecule has 4 aromatic carbocycles.